The summed E-state index contributed by atoms with van der Waals surface area (Å²) in [6.07, 6.45) is 0. The molecule has 3 rings (SSSR count). The molecule has 0 radical (unpaired) electrons. The highest BCUT2D eigenvalue weighted by Gasteiger charge is 2.28. The summed E-state index contributed by atoms with van der Waals surface area (Å²) in [7, 11) is -3.74. The fourth-order valence-electron chi connectivity index (χ4n) is 3.69. The van der Waals surface area contributed by atoms with Gasteiger partial charge in [0.2, 0.25) is 15.9 Å². The Morgan fingerprint density at radius 2 is 1.65 bits per heavy atom. The van der Waals surface area contributed by atoms with Gasteiger partial charge in [0.1, 0.15) is 6.04 Å². The van der Waals surface area contributed by atoms with Crippen molar-refractivity contribution in [3.63, 3.8) is 0 Å². The molecule has 2 aromatic carbocycles. The van der Waals surface area contributed by atoms with Crippen molar-refractivity contribution in [3.05, 3.63) is 59.7 Å². The summed E-state index contributed by atoms with van der Waals surface area (Å²) in [5.41, 5.74) is 1.94. The van der Waals surface area contributed by atoms with Gasteiger partial charge >= 0.3 is 0 Å². The van der Waals surface area contributed by atoms with Gasteiger partial charge in [0, 0.05) is 24.3 Å². The molecule has 184 valence electrons. The number of rotatable bonds is 8. The number of sulfonamides is 1. The Balaban J connectivity index is 1.75. The van der Waals surface area contributed by atoms with Crippen molar-refractivity contribution in [2.45, 2.75) is 44.6 Å². The Hall–Kier alpha value is -2.75. The van der Waals surface area contributed by atoms with Gasteiger partial charge in [-0.15, -0.1) is 0 Å². The van der Waals surface area contributed by atoms with Gasteiger partial charge in [0.25, 0.3) is 5.91 Å². The van der Waals surface area contributed by atoms with Crippen molar-refractivity contribution < 1.29 is 22.7 Å². The summed E-state index contributed by atoms with van der Waals surface area (Å²) < 4.78 is 32.5. The van der Waals surface area contributed by atoms with Crippen LogP contribution in [0.4, 0.5) is 5.69 Å². The van der Waals surface area contributed by atoms with Crippen LogP contribution in [0.15, 0.2) is 53.4 Å². The van der Waals surface area contributed by atoms with Crippen LogP contribution in [0.5, 0.6) is 0 Å². The molecule has 1 atom stereocenters. The van der Waals surface area contributed by atoms with Crippen LogP contribution < -0.4 is 10.6 Å². The standard InChI is InChI=1S/C25H33N3O5S/c1-17(2)19-7-5-9-21(15-19)26-25(30)23(18(3)4)27-24(29)20-8-6-10-22(16-20)34(31,32)28-11-13-33-14-12-28/h5-10,15-18,23H,11-14H2,1-4H3,(H,26,30)(H,27,29)/t23-/m0/s1. The third-order valence-electron chi connectivity index (χ3n) is 5.76. The lowest BCUT2D eigenvalue weighted by Crippen LogP contribution is -2.47. The zero-order valence-corrected chi connectivity index (χ0v) is 20.9. The summed E-state index contributed by atoms with van der Waals surface area (Å²) in [6, 6.07) is 12.7. The average Bonchev–Trinajstić information content (AvgIpc) is 2.82. The van der Waals surface area contributed by atoms with Gasteiger partial charge in [-0.3, -0.25) is 9.59 Å². The van der Waals surface area contributed by atoms with E-state index >= 15 is 0 Å². The van der Waals surface area contributed by atoms with Crippen LogP contribution in [0, 0.1) is 5.92 Å². The normalized spacial score (nSPS) is 15.8. The highest BCUT2D eigenvalue weighted by Crippen LogP contribution is 2.20. The zero-order chi connectivity index (χ0) is 24.9. The van der Waals surface area contributed by atoms with Crippen LogP contribution in [-0.4, -0.2) is 56.9 Å². The van der Waals surface area contributed by atoms with E-state index in [4.69, 9.17) is 4.74 Å². The quantitative estimate of drug-likeness (QED) is 0.595. The number of ether oxygens (including phenoxy) is 1. The molecule has 0 aliphatic carbocycles. The Labute approximate surface area is 201 Å². The predicted molar refractivity (Wildman–Crippen MR) is 131 cm³/mol. The van der Waals surface area contributed by atoms with E-state index in [9.17, 15) is 18.0 Å². The van der Waals surface area contributed by atoms with Crippen LogP contribution in [0.25, 0.3) is 0 Å². The average molecular weight is 488 g/mol. The minimum Gasteiger partial charge on any atom is -0.379 e. The van der Waals surface area contributed by atoms with Gasteiger partial charge < -0.3 is 15.4 Å². The van der Waals surface area contributed by atoms with E-state index in [1.165, 1.54) is 28.6 Å². The lowest BCUT2D eigenvalue weighted by atomic mass is 10.0. The first kappa shape index (κ1) is 25.9. The molecule has 1 fully saturated rings. The minimum atomic E-state index is -3.74. The third-order valence-corrected chi connectivity index (χ3v) is 7.66. The molecule has 2 N–H and O–H groups in total. The van der Waals surface area contributed by atoms with Crippen molar-refractivity contribution in [3.8, 4) is 0 Å². The largest absolute Gasteiger partial charge is 0.379 e. The SMILES string of the molecule is CC(C)c1cccc(NC(=O)[C@@H](NC(=O)c2cccc(S(=O)(=O)N3CCOCC3)c2)C(C)C)c1. The number of morpholine rings is 1. The van der Waals surface area contributed by atoms with Crippen molar-refractivity contribution in [2.24, 2.45) is 5.92 Å². The van der Waals surface area contributed by atoms with E-state index in [1.807, 2.05) is 38.1 Å². The molecule has 2 aromatic rings. The number of carbonyl (C=O) groups excluding carboxylic acids is 2. The molecular formula is C25H33N3O5S. The topological polar surface area (TPSA) is 105 Å². The first-order valence-electron chi connectivity index (χ1n) is 11.5. The third kappa shape index (κ3) is 6.22. The molecule has 1 aliphatic heterocycles. The molecule has 1 heterocycles. The highest BCUT2D eigenvalue weighted by molar-refractivity contribution is 7.89. The van der Waals surface area contributed by atoms with Gasteiger partial charge in [-0.05, 0) is 47.7 Å². The van der Waals surface area contributed by atoms with Gasteiger partial charge in [0.05, 0.1) is 18.1 Å². The van der Waals surface area contributed by atoms with Gasteiger partial charge in [-0.25, -0.2) is 8.42 Å². The minimum absolute atomic E-state index is 0.0399. The fourth-order valence-corrected chi connectivity index (χ4v) is 5.14. The molecule has 34 heavy (non-hydrogen) atoms. The second-order valence-corrected chi connectivity index (χ2v) is 10.9. The van der Waals surface area contributed by atoms with Crippen LogP contribution in [0.2, 0.25) is 0 Å². The van der Waals surface area contributed by atoms with Crippen molar-refractivity contribution in [1.82, 2.24) is 9.62 Å². The van der Waals surface area contributed by atoms with Gasteiger partial charge in [-0.1, -0.05) is 45.9 Å². The first-order valence-corrected chi connectivity index (χ1v) is 12.9. The van der Waals surface area contributed by atoms with Crippen LogP contribution >= 0.6 is 0 Å². The Morgan fingerprint density at radius 3 is 2.29 bits per heavy atom. The maximum Gasteiger partial charge on any atom is 0.251 e. The van der Waals surface area contributed by atoms with Crippen molar-refractivity contribution in [1.29, 1.82) is 0 Å². The number of carbonyl (C=O) groups is 2. The van der Waals surface area contributed by atoms with E-state index in [0.29, 0.717) is 24.8 Å². The molecular weight excluding hydrogens is 454 g/mol. The first-order chi connectivity index (χ1) is 16.1. The maximum atomic E-state index is 13.0. The van der Waals surface area contributed by atoms with Gasteiger partial charge in [0.15, 0.2) is 0 Å². The molecule has 0 bridgehead atoms. The molecule has 1 saturated heterocycles. The fraction of sp³-hybridized carbons (Fsp3) is 0.440. The van der Waals surface area contributed by atoms with E-state index in [0.717, 1.165) is 5.56 Å². The van der Waals surface area contributed by atoms with E-state index in [-0.39, 0.29) is 35.4 Å². The van der Waals surface area contributed by atoms with Crippen molar-refractivity contribution >= 4 is 27.5 Å². The monoisotopic (exact) mass is 487 g/mol. The number of hydrogen-bond acceptors (Lipinski definition) is 5. The highest BCUT2D eigenvalue weighted by atomic mass is 32.2. The molecule has 0 aromatic heterocycles. The Kier molecular flexibility index (Phi) is 8.46. The van der Waals surface area contributed by atoms with Crippen LogP contribution in [0.1, 0.15) is 49.5 Å². The molecule has 0 unspecified atom stereocenters. The molecule has 0 spiro atoms. The number of amides is 2. The van der Waals surface area contributed by atoms with Crippen LogP contribution in [0.3, 0.4) is 0 Å². The van der Waals surface area contributed by atoms with Crippen LogP contribution in [-0.2, 0) is 19.6 Å². The number of hydrogen-bond donors (Lipinski definition) is 2. The summed E-state index contributed by atoms with van der Waals surface area (Å²) in [5.74, 6) is -0.707. The Bertz CT molecular complexity index is 1120. The van der Waals surface area contributed by atoms with E-state index < -0.39 is 22.0 Å². The number of nitrogens with one attached hydrogen (secondary N) is 2. The van der Waals surface area contributed by atoms with Crippen molar-refractivity contribution in [2.75, 3.05) is 31.6 Å². The predicted octanol–water partition coefficient (Wildman–Crippen LogP) is 3.22. The molecule has 9 heteroatoms. The number of benzene rings is 2. The second-order valence-electron chi connectivity index (χ2n) is 9.01. The lowest BCUT2D eigenvalue weighted by Gasteiger charge is -2.26. The summed E-state index contributed by atoms with van der Waals surface area (Å²) in [6.45, 7) is 9.05. The molecule has 8 nitrogen and oxygen atoms in total. The smallest absolute Gasteiger partial charge is 0.251 e. The summed E-state index contributed by atoms with van der Waals surface area (Å²) in [5, 5.41) is 5.65. The second kappa shape index (κ2) is 11.1. The van der Waals surface area contributed by atoms with Gasteiger partial charge in [-0.2, -0.15) is 4.31 Å². The Morgan fingerprint density at radius 1 is 0.971 bits per heavy atom. The number of anilines is 1. The van der Waals surface area contributed by atoms with E-state index in [2.05, 4.69) is 24.5 Å². The lowest BCUT2D eigenvalue weighted by molar-refractivity contribution is -0.118. The maximum absolute atomic E-state index is 13.0. The number of nitrogens with zero attached hydrogens (tertiary/aromatic N) is 1. The summed E-state index contributed by atoms with van der Waals surface area (Å²) in [4.78, 5) is 26.0. The molecule has 2 amide bonds. The molecule has 0 saturated carbocycles. The van der Waals surface area contributed by atoms with E-state index in [1.54, 1.807) is 0 Å². The zero-order valence-electron chi connectivity index (χ0n) is 20.1. The molecule has 1 aliphatic rings. The summed E-state index contributed by atoms with van der Waals surface area (Å²) >= 11 is 0.